The van der Waals surface area contributed by atoms with Gasteiger partial charge in [-0.05, 0) is 12.5 Å². The highest BCUT2D eigenvalue weighted by molar-refractivity contribution is 5.66. The molecule has 0 amide bonds. The number of H-pyrrole nitrogens is 1. The van der Waals surface area contributed by atoms with Crippen molar-refractivity contribution in [1.29, 1.82) is 0 Å². The van der Waals surface area contributed by atoms with Crippen LogP contribution in [-0.4, -0.2) is 9.97 Å². The number of nitrogens with one attached hydrogen (secondary N) is 1. The molecule has 0 bridgehead atoms. The van der Waals surface area contributed by atoms with E-state index >= 15 is 0 Å². The van der Waals surface area contributed by atoms with Gasteiger partial charge in [0.05, 0.1) is 18.5 Å². The fourth-order valence-electron chi connectivity index (χ4n) is 1.95. The predicted octanol–water partition coefficient (Wildman–Crippen LogP) is 1.23. The van der Waals surface area contributed by atoms with Crippen molar-refractivity contribution in [3.8, 4) is 11.3 Å². The average Bonchev–Trinajstić information content (AvgIpc) is 2.82. The monoisotopic (exact) mass is 189 g/mol. The number of hydrogen-bond donors (Lipinski definition) is 2. The molecular formula is C10H11N3O. The molecule has 72 valence electrons. The fourth-order valence-corrected chi connectivity index (χ4v) is 1.95. The number of furan rings is 1. The van der Waals surface area contributed by atoms with Crippen molar-refractivity contribution in [1.82, 2.24) is 9.97 Å². The molecule has 2 aromatic heterocycles. The van der Waals surface area contributed by atoms with Crippen LogP contribution in [0.2, 0.25) is 0 Å². The molecule has 0 saturated heterocycles. The minimum atomic E-state index is 0.459. The molecule has 0 saturated carbocycles. The summed E-state index contributed by atoms with van der Waals surface area (Å²) in [6.07, 6.45) is 3.63. The van der Waals surface area contributed by atoms with Gasteiger partial charge < -0.3 is 15.1 Å². The van der Waals surface area contributed by atoms with E-state index in [1.165, 1.54) is 5.69 Å². The lowest BCUT2D eigenvalue weighted by Gasteiger charge is -2.08. The third-order valence-electron chi connectivity index (χ3n) is 2.62. The van der Waals surface area contributed by atoms with E-state index in [-0.39, 0.29) is 0 Å². The van der Waals surface area contributed by atoms with Gasteiger partial charge in [-0.15, -0.1) is 0 Å². The van der Waals surface area contributed by atoms with E-state index in [1.54, 1.807) is 6.26 Å². The van der Waals surface area contributed by atoms with Crippen LogP contribution in [0.5, 0.6) is 0 Å². The van der Waals surface area contributed by atoms with E-state index in [2.05, 4.69) is 9.97 Å². The SMILES string of the molecule is NCc1nc2c([nH]1)CCc1occc1-2. The molecule has 0 aliphatic heterocycles. The van der Waals surface area contributed by atoms with Gasteiger partial charge >= 0.3 is 0 Å². The standard InChI is InChI=1S/C10H11N3O/c11-5-9-12-7-1-2-8-6(3-4-14-8)10(7)13-9/h3-4H,1-2,5,11H2,(H,12,13). The maximum absolute atomic E-state index is 5.54. The molecule has 1 aliphatic carbocycles. The summed E-state index contributed by atoms with van der Waals surface area (Å²) in [5.41, 5.74) is 8.85. The third kappa shape index (κ3) is 0.943. The van der Waals surface area contributed by atoms with Crippen molar-refractivity contribution in [2.75, 3.05) is 0 Å². The number of aryl methyl sites for hydroxylation is 2. The highest BCUT2D eigenvalue weighted by atomic mass is 16.3. The van der Waals surface area contributed by atoms with Gasteiger partial charge in [-0.25, -0.2) is 4.98 Å². The zero-order valence-corrected chi connectivity index (χ0v) is 7.71. The minimum Gasteiger partial charge on any atom is -0.469 e. The van der Waals surface area contributed by atoms with Gasteiger partial charge in [-0.3, -0.25) is 0 Å². The van der Waals surface area contributed by atoms with Crippen molar-refractivity contribution in [3.63, 3.8) is 0 Å². The molecular weight excluding hydrogens is 178 g/mol. The summed E-state index contributed by atoms with van der Waals surface area (Å²) in [7, 11) is 0. The number of imidazole rings is 1. The number of fused-ring (bicyclic) bond motifs is 3. The van der Waals surface area contributed by atoms with Gasteiger partial charge in [0, 0.05) is 17.7 Å². The topological polar surface area (TPSA) is 67.8 Å². The van der Waals surface area contributed by atoms with Crippen molar-refractivity contribution >= 4 is 0 Å². The van der Waals surface area contributed by atoms with Gasteiger partial charge in [0.25, 0.3) is 0 Å². The highest BCUT2D eigenvalue weighted by Crippen LogP contribution is 2.32. The van der Waals surface area contributed by atoms with Crippen LogP contribution in [0.25, 0.3) is 11.3 Å². The Bertz CT molecular complexity index is 469. The molecule has 3 N–H and O–H groups in total. The lowest BCUT2D eigenvalue weighted by Crippen LogP contribution is -2.00. The van der Waals surface area contributed by atoms with Gasteiger partial charge in [0.2, 0.25) is 0 Å². The summed E-state index contributed by atoms with van der Waals surface area (Å²) in [5.74, 6) is 1.89. The van der Waals surface area contributed by atoms with E-state index in [4.69, 9.17) is 10.2 Å². The molecule has 4 heteroatoms. The van der Waals surface area contributed by atoms with Crippen molar-refractivity contribution in [2.24, 2.45) is 5.73 Å². The fraction of sp³-hybridized carbons (Fsp3) is 0.300. The number of nitrogens with zero attached hydrogens (tertiary/aromatic N) is 1. The van der Waals surface area contributed by atoms with Gasteiger partial charge in [-0.1, -0.05) is 0 Å². The highest BCUT2D eigenvalue weighted by Gasteiger charge is 2.21. The molecule has 14 heavy (non-hydrogen) atoms. The number of hydrogen-bond acceptors (Lipinski definition) is 3. The largest absolute Gasteiger partial charge is 0.469 e. The first-order valence-electron chi connectivity index (χ1n) is 4.73. The Morgan fingerprint density at radius 3 is 3.29 bits per heavy atom. The van der Waals surface area contributed by atoms with E-state index in [0.717, 1.165) is 35.7 Å². The number of rotatable bonds is 1. The quantitative estimate of drug-likeness (QED) is 0.708. The van der Waals surface area contributed by atoms with E-state index in [0.29, 0.717) is 6.54 Å². The lowest BCUT2D eigenvalue weighted by molar-refractivity contribution is 0.506. The number of aromatic nitrogens is 2. The Balaban J connectivity index is 2.20. The Labute approximate surface area is 81.1 Å². The summed E-state index contributed by atoms with van der Waals surface area (Å²) in [6.45, 7) is 0.459. The van der Waals surface area contributed by atoms with Crippen LogP contribution in [0.3, 0.4) is 0 Å². The molecule has 0 spiro atoms. The second-order valence-corrected chi connectivity index (χ2v) is 3.47. The minimum absolute atomic E-state index is 0.459. The van der Waals surface area contributed by atoms with Gasteiger partial charge in [0.15, 0.2) is 0 Å². The van der Waals surface area contributed by atoms with E-state index in [1.807, 2.05) is 6.07 Å². The maximum atomic E-state index is 5.54. The Kier molecular flexibility index (Phi) is 1.52. The zero-order valence-electron chi connectivity index (χ0n) is 7.71. The summed E-state index contributed by atoms with van der Waals surface area (Å²) in [6, 6.07) is 1.97. The van der Waals surface area contributed by atoms with Crippen molar-refractivity contribution < 1.29 is 4.42 Å². The summed E-state index contributed by atoms with van der Waals surface area (Å²) in [5, 5.41) is 0. The molecule has 0 unspecified atom stereocenters. The zero-order chi connectivity index (χ0) is 9.54. The molecule has 4 nitrogen and oxygen atoms in total. The Morgan fingerprint density at radius 1 is 1.50 bits per heavy atom. The number of aromatic amines is 1. The molecule has 2 aromatic rings. The van der Waals surface area contributed by atoms with E-state index in [9.17, 15) is 0 Å². The van der Waals surface area contributed by atoms with Gasteiger partial charge in [0.1, 0.15) is 11.6 Å². The maximum Gasteiger partial charge on any atom is 0.120 e. The van der Waals surface area contributed by atoms with Crippen LogP contribution in [-0.2, 0) is 19.4 Å². The summed E-state index contributed by atoms with van der Waals surface area (Å²) < 4.78 is 5.37. The first-order chi connectivity index (χ1) is 6.88. The van der Waals surface area contributed by atoms with Crippen LogP contribution in [0.15, 0.2) is 16.7 Å². The Morgan fingerprint density at radius 2 is 2.43 bits per heavy atom. The van der Waals surface area contributed by atoms with Crippen LogP contribution >= 0.6 is 0 Å². The van der Waals surface area contributed by atoms with Crippen molar-refractivity contribution in [3.05, 3.63) is 29.6 Å². The average molecular weight is 189 g/mol. The second-order valence-electron chi connectivity index (χ2n) is 3.47. The molecule has 1 aliphatic rings. The molecule has 2 heterocycles. The first-order valence-corrected chi connectivity index (χ1v) is 4.73. The second kappa shape index (κ2) is 2.72. The van der Waals surface area contributed by atoms with E-state index < -0.39 is 0 Å². The van der Waals surface area contributed by atoms with Crippen LogP contribution in [0.4, 0.5) is 0 Å². The molecule has 0 atom stereocenters. The lowest BCUT2D eigenvalue weighted by atomic mass is 10.00. The van der Waals surface area contributed by atoms with Gasteiger partial charge in [-0.2, -0.15) is 0 Å². The molecule has 0 radical (unpaired) electrons. The molecule has 0 aromatic carbocycles. The van der Waals surface area contributed by atoms with Crippen LogP contribution < -0.4 is 5.73 Å². The summed E-state index contributed by atoms with van der Waals surface area (Å²) in [4.78, 5) is 7.68. The summed E-state index contributed by atoms with van der Waals surface area (Å²) >= 11 is 0. The third-order valence-corrected chi connectivity index (χ3v) is 2.62. The smallest absolute Gasteiger partial charge is 0.120 e. The Hall–Kier alpha value is -1.55. The van der Waals surface area contributed by atoms with Crippen molar-refractivity contribution in [2.45, 2.75) is 19.4 Å². The predicted molar refractivity (Wildman–Crippen MR) is 51.6 cm³/mol. The van der Waals surface area contributed by atoms with Crippen LogP contribution in [0.1, 0.15) is 17.3 Å². The first kappa shape index (κ1) is 7.82. The molecule has 0 fully saturated rings. The normalized spacial score (nSPS) is 13.8. The van der Waals surface area contributed by atoms with Crippen LogP contribution in [0, 0.1) is 0 Å². The molecule has 3 rings (SSSR count). The number of nitrogens with two attached hydrogens (primary N) is 1.